The number of benzene rings is 1. The Morgan fingerprint density at radius 3 is 2.95 bits per heavy atom. The highest BCUT2D eigenvalue weighted by Crippen LogP contribution is 2.12. The van der Waals surface area contributed by atoms with Gasteiger partial charge in [-0.2, -0.15) is 0 Å². The highest BCUT2D eigenvalue weighted by molar-refractivity contribution is 7.89. The lowest BCUT2D eigenvalue weighted by molar-refractivity contribution is 0.305. The number of hydrogen-bond acceptors (Lipinski definition) is 5. The Balaban J connectivity index is 2.12. The maximum atomic E-state index is 12.2. The minimum Gasteiger partial charge on any atom is -0.395 e. The first-order valence-corrected chi connectivity index (χ1v) is 8.55. The summed E-state index contributed by atoms with van der Waals surface area (Å²) in [5.41, 5.74) is 2.25. The molecule has 1 aromatic carbocycles. The van der Waals surface area contributed by atoms with Crippen molar-refractivity contribution in [2.75, 3.05) is 6.61 Å². The molecule has 1 heterocycles. The van der Waals surface area contributed by atoms with E-state index in [2.05, 4.69) is 21.5 Å². The molecular weight excluding hydrogens is 308 g/mol. The summed E-state index contributed by atoms with van der Waals surface area (Å²) in [6.07, 6.45) is 1.99. The van der Waals surface area contributed by atoms with E-state index in [1.807, 2.05) is 0 Å². The Morgan fingerprint density at radius 1 is 1.38 bits per heavy atom. The summed E-state index contributed by atoms with van der Waals surface area (Å²) in [5, 5.41) is 8.68. The van der Waals surface area contributed by atoms with Crippen LogP contribution in [0.2, 0.25) is 0 Å². The molecule has 0 aliphatic heterocycles. The summed E-state index contributed by atoms with van der Waals surface area (Å²) < 4.78 is 26.9. The van der Waals surface area contributed by atoms with Crippen molar-refractivity contribution < 1.29 is 13.5 Å². The lowest BCUT2D eigenvalue weighted by Gasteiger charge is -2.05. The summed E-state index contributed by atoms with van der Waals surface area (Å²) in [6, 6.07) is 6.41. The number of aliphatic hydroxyl groups is 1. The van der Waals surface area contributed by atoms with Gasteiger partial charge in [-0.25, -0.2) is 13.1 Å². The summed E-state index contributed by atoms with van der Waals surface area (Å²) in [4.78, 5) is 4.91. The zero-order valence-electron chi connectivity index (χ0n) is 11.1. The van der Waals surface area contributed by atoms with Gasteiger partial charge in [0.15, 0.2) is 0 Å². The molecule has 2 N–H and O–H groups in total. The molecule has 0 amide bonds. The molecule has 0 unspecified atom stereocenters. The third-order valence-electron chi connectivity index (χ3n) is 2.53. The number of aliphatic hydroxyl groups excluding tert-OH is 1. The molecular formula is C14H14N2O3S2. The molecule has 0 saturated heterocycles. The minimum atomic E-state index is -3.58. The Morgan fingerprint density at radius 2 is 2.24 bits per heavy atom. The Hall–Kier alpha value is -1.72. The number of thiazole rings is 1. The molecule has 21 heavy (non-hydrogen) atoms. The molecule has 1 aromatic heterocycles. The van der Waals surface area contributed by atoms with Gasteiger partial charge in [-0.1, -0.05) is 17.9 Å². The summed E-state index contributed by atoms with van der Waals surface area (Å²) >= 11 is 1.39. The van der Waals surface area contributed by atoms with Crippen molar-refractivity contribution in [1.29, 1.82) is 0 Å². The number of aromatic nitrogens is 1. The largest absolute Gasteiger partial charge is 0.395 e. The Labute approximate surface area is 127 Å². The van der Waals surface area contributed by atoms with E-state index in [4.69, 9.17) is 5.11 Å². The van der Waals surface area contributed by atoms with Crippen LogP contribution in [0.15, 0.2) is 40.9 Å². The molecule has 2 rings (SSSR count). The topological polar surface area (TPSA) is 79.3 Å². The SMILES string of the molecule is O=S(=O)(NCc1cncs1)c1cccc(C#CCCO)c1. The first-order chi connectivity index (χ1) is 10.1. The fourth-order valence-corrected chi connectivity index (χ4v) is 3.22. The quantitative estimate of drug-likeness (QED) is 0.815. The Bertz CT molecular complexity index is 744. The predicted molar refractivity (Wildman–Crippen MR) is 81.2 cm³/mol. The van der Waals surface area contributed by atoms with Crippen LogP contribution < -0.4 is 4.72 Å². The van der Waals surface area contributed by atoms with Gasteiger partial charge in [0.2, 0.25) is 10.0 Å². The third kappa shape index (κ3) is 4.65. The van der Waals surface area contributed by atoms with Crippen molar-refractivity contribution in [3.8, 4) is 11.8 Å². The van der Waals surface area contributed by atoms with Crippen molar-refractivity contribution in [3.63, 3.8) is 0 Å². The van der Waals surface area contributed by atoms with Crippen molar-refractivity contribution in [1.82, 2.24) is 9.71 Å². The highest BCUT2D eigenvalue weighted by atomic mass is 32.2. The lowest BCUT2D eigenvalue weighted by atomic mass is 10.2. The normalized spacial score (nSPS) is 10.9. The van der Waals surface area contributed by atoms with E-state index in [1.165, 1.54) is 23.5 Å². The molecule has 0 radical (unpaired) electrons. The molecule has 0 fully saturated rings. The van der Waals surface area contributed by atoms with Crippen molar-refractivity contribution >= 4 is 21.4 Å². The minimum absolute atomic E-state index is 0.0125. The number of sulfonamides is 1. The lowest BCUT2D eigenvalue weighted by Crippen LogP contribution is -2.22. The number of rotatable bonds is 5. The first kappa shape index (κ1) is 15.7. The van der Waals surface area contributed by atoms with Crippen LogP contribution >= 0.6 is 11.3 Å². The van der Waals surface area contributed by atoms with Gasteiger partial charge < -0.3 is 5.11 Å². The van der Waals surface area contributed by atoms with E-state index < -0.39 is 10.0 Å². The van der Waals surface area contributed by atoms with Crippen LogP contribution in [0.4, 0.5) is 0 Å². The standard InChI is InChI=1S/C14H14N2O3S2/c17-7-2-1-4-12-5-3-6-14(8-12)21(18,19)16-10-13-9-15-11-20-13/h3,5-6,8-9,11,16-17H,2,7,10H2. The average molecular weight is 322 g/mol. The second-order valence-corrected chi connectivity index (χ2v) is 6.83. The third-order valence-corrected chi connectivity index (χ3v) is 4.71. The zero-order chi connectivity index (χ0) is 15.1. The van der Waals surface area contributed by atoms with E-state index in [9.17, 15) is 8.42 Å². The second-order valence-electron chi connectivity index (χ2n) is 4.10. The van der Waals surface area contributed by atoms with E-state index in [0.29, 0.717) is 12.0 Å². The molecule has 0 aliphatic carbocycles. The van der Waals surface area contributed by atoms with Crippen LogP contribution in [0.3, 0.4) is 0 Å². The van der Waals surface area contributed by atoms with Gasteiger partial charge in [0.25, 0.3) is 0 Å². The van der Waals surface area contributed by atoms with E-state index >= 15 is 0 Å². The van der Waals surface area contributed by atoms with E-state index in [1.54, 1.807) is 23.8 Å². The van der Waals surface area contributed by atoms with Gasteiger partial charge in [-0.3, -0.25) is 4.98 Å². The van der Waals surface area contributed by atoms with Crippen LogP contribution in [0.5, 0.6) is 0 Å². The molecule has 5 nitrogen and oxygen atoms in total. The fourth-order valence-electron chi connectivity index (χ4n) is 1.54. The van der Waals surface area contributed by atoms with Crippen LogP contribution in [0.1, 0.15) is 16.9 Å². The van der Waals surface area contributed by atoms with E-state index in [-0.39, 0.29) is 18.0 Å². The smallest absolute Gasteiger partial charge is 0.240 e. The molecule has 2 aromatic rings. The first-order valence-electron chi connectivity index (χ1n) is 6.18. The highest BCUT2D eigenvalue weighted by Gasteiger charge is 2.14. The van der Waals surface area contributed by atoms with Gasteiger partial charge in [0.1, 0.15) is 0 Å². The van der Waals surface area contributed by atoms with E-state index in [0.717, 1.165) is 4.88 Å². The Kier molecular flexibility index (Phi) is 5.47. The number of hydrogen-bond donors (Lipinski definition) is 2. The maximum absolute atomic E-state index is 12.2. The summed E-state index contributed by atoms with van der Waals surface area (Å²) in [5.74, 6) is 5.58. The summed E-state index contributed by atoms with van der Waals surface area (Å²) in [6.45, 7) is 0.203. The van der Waals surface area contributed by atoms with Gasteiger partial charge in [0.05, 0.1) is 17.0 Å². The van der Waals surface area contributed by atoms with Gasteiger partial charge in [0, 0.05) is 29.6 Å². The van der Waals surface area contributed by atoms with Crippen LogP contribution in [0, 0.1) is 11.8 Å². The monoisotopic (exact) mass is 322 g/mol. The average Bonchev–Trinajstić information content (AvgIpc) is 2.99. The van der Waals surface area contributed by atoms with Crippen molar-refractivity contribution in [3.05, 3.63) is 46.4 Å². The van der Waals surface area contributed by atoms with Crippen LogP contribution in [-0.4, -0.2) is 25.1 Å². The second kappa shape index (κ2) is 7.33. The maximum Gasteiger partial charge on any atom is 0.240 e. The van der Waals surface area contributed by atoms with Gasteiger partial charge in [-0.15, -0.1) is 11.3 Å². The molecule has 110 valence electrons. The molecule has 0 spiro atoms. The van der Waals surface area contributed by atoms with Crippen LogP contribution in [0.25, 0.3) is 0 Å². The number of nitrogens with one attached hydrogen (secondary N) is 1. The van der Waals surface area contributed by atoms with Gasteiger partial charge in [-0.05, 0) is 18.2 Å². The summed E-state index contributed by atoms with van der Waals surface area (Å²) in [7, 11) is -3.58. The molecule has 0 atom stereocenters. The van der Waals surface area contributed by atoms with Gasteiger partial charge >= 0.3 is 0 Å². The van der Waals surface area contributed by atoms with Crippen molar-refractivity contribution in [2.45, 2.75) is 17.9 Å². The zero-order valence-corrected chi connectivity index (χ0v) is 12.7. The van der Waals surface area contributed by atoms with Crippen molar-refractivity contribution in [2.24, 2.45) is 0 Å². The molecule has 7 heteroatoms. The fraction of sp³-hybridized carbons (Fsp3) is 0.214. The predicted octanol–water partition coefficient (Wildman–Crippen LogP) is 1.36. The number of nitrogens with zero attached hydrogens (tertiary/aromatic N) is 1. The molecule has 0 aliphatic rings. The molecule has 0 bridgehead atoms. The van der Waals surface area contributed by atoms with Crippen LogP contribution in [-0.2, 0) is 16.6 Å². The molecule has 0 saturated carbocycles.